The van der Waals surface area contributed by atoms with Gasteiger partial charge in [0.25, 0.3) is 0 Å². The van der Waals surface area contributed by atoms with E-state index in [4.69, 9.17) is 10.2 Å². The van der Waals surface area contributed by atoms with Crippen LogP contribution in [0.3, 0.4) is 0 Å². The molecule has 0 aliphatic rings. The average molecular weight is 146 g/mol. The van der Waals surface area contributed by atoms with E-state index in [1.165, 1.54) is 13.8 Å². The molecule has 0 aromatic heterocycles. The van der Waals surface area contributed by atoms with E-state index < -0.39 is 12.3 Å². The van der Waals surface area contributed by atoms with Gasteiger partial charge in [-0.2, -0.15) is 0 Å². The van der Waals surface area contributed by atoms with Gasteiger partial charge >= 0.3 is 5.97 Å². The molecule has 0 aromatic carbocycles. The van der Waals surface area contributed by atoms with Crippen molar-refractivity contribution in [1.29, 1.82) is 0 Å². The van der Waals surface area contributed by atoms with Crippen LogP contribution in [-0.4, -0.2) is 22.5 Å². The van der Waals surface area contributed by atoms with Crippen LogP contribution < -0.4 is 0 Å². The molecule has 0 aromatic rings. The van der Waals surface area contributed by atoms with E-state index in [9.17, 15) is 4.79 Å². The summed E-state index contributed by atoms with van der Waals surface area (Å²) in [6, 6.07) is 0. The maximum absolute atomic E-state index is 10.6. The highest BCUT2D eigenvalue weighted by Crippen LogP contribution is 1.96. The van der Waals surface area contributed by atoms with Crippen LogP contribution in [0.15, 0.2) is 11.8 Å². The third kappa shape index (κ3) is 3.09. The highest BCUT2D eigenvalue weighted by atomic mass is 16.6. The van der Waals surface area contributed by atoms with Crippen molar-refractivity contribution in [3.05, 3.63) is 11.8 Å². The van der Waals surface area contributed by atoms with Crippen LogP contribution in [0.1, 0.15) is 13.8 Å². The molecule has 0 spiro atoms. The first-order valence-corrected chi connectivity index (χ1v) is 2.78. The number of esters is 1. The van der Waals surface area contributed by atoms with Gasteiger partial charge in [-0.1, -0.05) is 0 Å². The number of aliphatic hydroxyl groups excluding tert-OH is 2. The lowest BCUT2D eigenvalue weighted by molar-refractivity contribution is -0.159. The van der Waals surface area contributed by atoms with E-state index in [2.05, 4.69) is 4.74 Å². The zero-order valence-electron chi connectivity index (χ0n) is 5.87. The van der Waals surface area contributed by atoms with Gasteiger partial charge < -0.3 is 14.9 Å². The first-order valence-electron chi connectivity index (χ1n) is 2.78. The Bertz CT molecular complexity index is 148. The van der Waals surface area contributed by atoms with Crippen LogP contribution in [0.25, 0.3) is 0 Å². The molecule has 4 heteroatoms. The largest absolute Gasteiger partial charge is 0.515 e. The van der Waals surface area contributed by atoms with Gasteiger partial charge in [-0.05, 0) is 13.8 Å². The van der Waals surface area contributed by atoms with Crippen molar-refractivity contribution in [2.45, 2.75) is 20.1 Å². The SMILES string of the molecule is C/C(=C\O)C(=O)OC(C)O. The fraction of sp³-hybridized carbons (Fsp3) is 0.500. The molecule has 0 bridgehead atoms. The molecule has 0 aliphatic carbocycles. The molecule has 4 nitrogen and oxygen atoms in total. The maximum Gasteiger partial charge on any atom is 0.339 e. The van der Waals surface area contributed by atoms with Crippen LogP contribution in [0.5, 0.6) is 0 Å². The molecule has 0 heterocycles. The standard InChI is InChI=1S/C6H10O4/c1-4(3-7)6(9)10-5(2)8/h3,5,7-8H,1-2H3/b4-3+. The zero-order valence-corrected chi connectivity index (χ0v) is 5.87. The van der Waals surface area contributed by atoms with Gasteiger partial charge in [0, 0.05) is 0 Å². The minimum Gasteiger partial charge on any atom is -0.515 e. The summed E-state index contributed by atoms with van der Waals surface area (Å²) >= 11 is 0. The van der Waals surface area contributed by atoms with Crippen LogP contribution in [-0.2, 0) is 9.53 Å². The lowest BCUT2D eigenvalue weighted by Gasteiger charge is -2.05. The maximum atomic E-state index is 10.6. The summed E-state index contributed by atoms with van der Waals surface area (Å²) in [6.07, 6.45) is -0.507. The first kappa shape index (κ1) is 8.97. The molecule has 1 atom stereocenters. The first-order chi connectivity index (χ1) is 4.57. The smallest absolute Gasteiger partial charge is 0.339 e. The third-order valence-electron chi connectivity index (χ3n) is 0.793. The second-order valence-corrected chi connectivity index (χ2v) is 1.82. The third-order valence-corrected chi connectivity index (χ3v) is 0.793. The van der Waals surface area contributed by atoms with Crippen LogP contribution >= 0.6 is 0 Å². The number of aliphatic hydroxyl groups is 2. The lowest BCUT2D eigenvalue weighted by atomic mass is 10.3. The van der Waals surface area contributed by atoms with Gasteiger partial charge in [-0.25, -0.2) is 4.79 Å². The second kappa shape index (κ2) is 3.90. The fourth-order valence-electron chi connectivity index (χ4n) is 0.301. The number of ether oxygens (including phenoxy) is 1. The predicted molar refractivity (Wildman–Crippen MR) is 34.2 cm³/mol. The van der Waals surface area contributed by atoms with Crippen molar-refractivity contribution in [3.63, 3.8) is 0 Å². The second-order valence-electron chi connectivity index (χ2n) is 1.82. The minimum atomic E-state index is -1.14. The highest BCUT2D eigenvalue weighted by Gasteiger charge is 2.07. The predicted octanol–water partition coefficient (Wildman–Crippen LogP) is 0.330. The van der Waals surface area contributed by atoms with E-state index in [0.29, 0.717) is 6.26 Å². The van der Waals surface area contributed by atoms with Crippen molar-refractivity contribution in [1.82, 2.24) is 0 Å². The molecule has 0 radical (unpaired) electrons. The molecule has 1 unspecified atom stereocenters. The summed E-state index contributed by atoms with van der Waals surface area (Å²) in [5.74, 6) is -0.725. The van der Waals surface area contributed by atoms with Gasteiger partial charge in [0.2, 0.25) is 0 Å². The lowest BCUT2D eigenvalue weighted by Crippen LogP contribution is -2.14. The molecule has 0 aliphatic heterocycles. The molecule has 0 saturated carbocycles. The van der Waals surface area contributed by atoms with Gasteiger partial charge in [0.1, 0.15) is 0 Å². The van der Waals surface area contributed by atoms with Gasteiger partial charge in [-0.3, -0.25) is 0 Å². The van der Waals surface area contributed by atoms with Crippen molar-refractivity contribution >= 4 is 5.97 Å². The number of carbonyl (C=O) groups excluding carboxylic acids is 1. The Morgan fingerprint density at radius 1 is 1.70 bits per heavy atom. The number of hydrogen-bond acceptors (Lipinski definition) is 4. The molecule has 0 saturated heterocycles. The number of carbonyl (C=O) groups is 1. The van der Waals surface area contributed by atoms with Gasteiger partial charge in [-0.15, -0.1) is 0 Å². The van der Waals surface area contributed by atoms with E-state index in [1.807, 2.05) is 0 Å². The van der Waals surface area contributed by atoms with Crippen molar-refractivity contribution in [3.8, 4) is 0 Å². The summed E-state index contributed by atoms with van der Waals surface area (Å²) in [5.41, 5.74) is 0.0564. The van der Waals surface area contributed by atoms with Gasteiger partial charge in [0.05, 0.1) is 11.8 Å². The monoisotopic (exact) mass is 146 g/mol. The quantitative estimate of drug-likeness (QED) is 0.255. The van der Waals surface area contributed by atoms with E-state index in [0.717, 1.165) is 0 Å². The minimum absolute atomic E-state index is 0.0564. The Balaban J connectivity index is 3.86. The highest BCUT2D eigenvalue weighted by molar-refractivity contribution is 5.87. The van der Waals surface area contributed by atoms with Crippen LogP contribution in [0, 0.1) is 0 Å². The molecular weight excluding hydrogens is 136 g/mol. The molecule has 10 heavy (non-hydrogen) atoms. The Morgan fingerprint density at radius 2 is 2.20 bits per heavy atom. The van der Waals surface area contributed by atoms with Crippen molar-refractivity contribution in [2.24, 2.45) is 0 Å². The van der Waals surface area contributed by atoms with Crippen LogP contribution in [0.4, 0.5) is 0 Å². The van der Waals surface area contributed by atoms with E-state index in [-0.39, 0.29) is 5.57 Å². The summed E-state index contributed by atoms with van der Waals surface area (Å²) in [5, 5.41) is 16.8. The zero-order chi connectivity index (χ0) is 8.15. The molecule has 0 fully saturated rings. The van der Waals surface area contributed by atoms with Crippen molar-refractivity contribution in [2.75, 3.05) is 0 Å². The molecule has 2 N–H and O–H groups in total. The number of hydrogen-bond donors (Lipinski definition) is 2. The van der Waals surface area contributed by atoms with Crippen LogP contribution in [0.2, 0.25) is 0 Å². The topological polar surface area (TPSA) is 66.8 Å². The van der Waals surface area contributed by atoms with E-state index >= 15 is 0 Å². The normalized spacial score (nSPS) is 14.5. The van der Waals surface area contributed by atoms with Crippen molar-refractivity contribution < 1.29 is 19.7 Å². The summed E-state index contributed by atoms with van der Waals surface area (Å²) in [6.45, 7) is 2.69. The Morgan fingerprint density at radius 3 is 2.50 bits per heavy atom. The molecule has 58 valence electrons. The summed E-state index contributed by atoms with van der Waals surface area (Å²) < 4.78 is 4.29. The average Bonchev–Trinajstić information content (AvgIpc) is 1.85. The molecule has 0 amide bonds. The Hall–Kier alpha value is -1.03. The summed E-state index contributed by atoms with van der Waals surface area (Å²) in [7, 11) is 0. The van der Waals surface area contributed by atoms with Gasteiger partial charge in [0.15, 0.2) is 6.29 Å². The summed E-state index contributed by atoms with van der Waals surface area (Å²) in [4.78, 5) is 10.6. The number of rotatable bonds is 2. The fourth-order valence-corrected chi connectivity index (χ4v) is 0.301. The van der Waals surface area contributed by atoms with E-state index in [1.54, 1.807) is 0 Å². The molecule has 0 rings (SSSR count). The Labute approximate surface area is 58.7 Å². The Kier molecular flexibility index (Phi) is 3.49. The molecular formula is C6H10O4.